The zero-order chi connectivity index (χ0) is 11.2. The van der Waals surface area contributed by atoms with Crippen molar-refractivity contribution in [2.45, 2.75) is 39.2 Å². The van der Waals surface area contributed by atoms with E-state index >= 15 is 0 Å². The third kappa shape index (κ3) is 7.58. The van der Waals surface area contributed by atoms with Gasteiger partial charge >= 0.3 is 11.9 Å². The highest BCUT2D eigenvalue weighted by Crippen LogP contribution is 2.09. The fourth-order valence-corrected chi connectivity index (χ4v) is 0.753. The van der Waals surface area contributed by atoms with Gasteiger partial charge in [0.2, 0.25) is 0 Å². The SMILES string of the molecule is COC(=O)CC[CH]C(=O)OC(C)(C)C. The van der Waals surface area contributed by atoms with Crippen molar-refractivity contribution >= 4 is 11.9 Å². The van der Waals surface area contributed by atoms with E-state index in [1.807, 2.05) is 0 Å². The van der Waals surface area contributed by atoms with E-state index in [1.54, 1.807) is 20.8 Å². The molecule has 0 aliphatic heterocycles. The minimum Gasteiger partial charge on any atom is -0.469 e. The Bertz CT molecular complexity index is 203. The highest BCUT2D eigenvalue weighted by molar-refractivity contribution is 5.80. The molecular weight excluding hydrogens is 184 g/mol. The van der Waals surface area contributed by atoms with Gasteiger partial charge in [-0.05, 0) is 27.2 Å². The van der Waals surface area contributed by atoms with Crippen molar-refractivity contribution in [1.29, 1.82) is 0 Å². The van der Waals surface area contributed by atoms with Crippen LogP contribution in [-0.4, -0.2) is 24.6 Å². The number of hydrogen-bond acceptors (Lipinski definition) is 4. The minimum atomic E-state index is -0.487. The molecule has 0 aromatic heterocycles. The van der Waals surface area contributed by atoms with Crippen LogP contribution in [0.5, 0.6) is 0 Å². The Kier molecular flexibility index (Phi) is 5.20. The van der Waals surface area contributed by atoms with Gasteiger partial charge in [-0.1, -0.05) is 0 Å². The molecule has 14 heavy (non-hydrogen) atoms. The van der Waals surface area contributed by atoms with Crippen molar-refractivity contribution in [2.24, 2.45) is 0 Å². The minimum absolute atomic E-state index is 0.204. The molecule has 0 heterocycles. The van der Waals surface area contributed by atoms with E-state index < -0.39 is 11.6 Å². The first-order valence-corrected chi connectivity index (χ1v) is 4.48. The Morgan fingerprint density at radius 3 is 2.29 bits per heavy atom. The van der Waals surface area contributed by atoms with Crippen LogP contribution < -0.4 is 0 Å². The van der Waals surface area contributed by atoms with E-state index in [0.717, 1.165) is 0 Å². The van der Waals surface area contributed by atoms with Crippen LogP contribution in [0, 0.1) is 6.42 Å². The Labute approximate surface area is 84.6 Å². The largest absolute Gasteiger partial charge is 0.469 e. The Morgan fingerprint density at radius 2 is 1.86 bits per heavy atom. The molecule has 0 aliphatic carbocycles. The highest BCUT2D eigenvalue weighted by atomic mass is 16.6. The molecule has 0 aromatic rings. The maximum Gasteiger partial charge on any atom is 0.310 e. The fourth-order valence-electron chi connectivity index (χ4n) is 0.753. The van der Waals surface area contributed by atoms with Gasteiger partial charge in [-0.15, -0.1) is 0 Å². The second-order valence-corrected chi connectivity index (χ2v) is 3.85. The van der Waals surface area contributed by atoms with Crippen molar-refractivity contribution in [2.75, 3.05) is 7.11 Å². The van der Waals surface area contributed by atoms with E-state index in [0.29, 0.717) is 6.42 Å². The monoisotopic (exact) mass is 201 g/mol. The van der Waals surface area contributed by atoms with Gasteiger partial charge in [0, 0.05) is 6.42 Å². The van der Waals surface area contributed by atoms with Crippen LogP contribution in [0.4, 0.5) is 0 Å². The van der Waals surface area contributed by atoms with Gasteiger partial charge in [0.05, 0.1) is 13.5 Å². The summed E-state index contributed by atoms with van der Waals surface area (Å²) in [7, 11) is 1.32. The third-order valence-corrected chi connectivity index (χ3v) is 1.29. The van der Waals surface area contributed by atoms with Gasteiger partial charge in [-0.3, -0.25) is 9.59 Å². The smallest absolute Gasteiger partial charge is 0.310 e. The first kappa shape index (κ1) is 12.9. The summed E-state index contributed by atoms with van der Waals surface area (Å²) < 4.78 is 9.43. The maximum atomic E-state index is 11.1. The summed E-state index contributed by atoms with van der Waals surface area (Å²) in [5.41, 5.74) is -0.487. The van der Waals surface area contributed by atoms with Crippen molar-refractivity contribution in [3.63, 3.8) is 0 Å². The molecule has 0 spiro atoms. The van der Waals surface area contributed by atoms with Gasteiger partial charge in [0.25, 0.3) is 0 Å². The van der Waals surface area contributed by atoms with Gasteiger partial charge in [-0.25, -0.2) is 0 Å². The third-order valence-electron chi connectivity index (χ3n) is 1.29. The zero-order valence-electron chi connectivity index (χ0n) is 9.12. The molecule has 0 saturated heterocycles. The molecule has 4 nitrogen and oxygen atoms in total. The highest BCUT2D eigenvalue weighted by Gasteiger charge is 2.16. The number of hydrogen-bond donors (Lipinski definition) is 0. The van der Waals surface area contributed by atoms with Crippen LogP contribution in [0.1, 0.15) is 33.6 Å². The topological polar surface area (TPSA) is 52.6 Å². The average molecular weight is 201 g/mol. The second kappa shape index (κ2) is 5.62. The summed E-state index contributed by atoms with van der Waals surface area (Å²) in [6.07, 6.45) is 1.90. The molecule has 81 valence electrons. The molecule has 0 fully saturated rings. The average Bonchev–Trinajstić information content (AvgIpc) is 2.00. The van der Waals surface area contributed by atoms with Crippen LogP contribution in [-0.2, 0) is 19.1 Å². The number of carbonyl (C=O) groups is 2. The molecule has 0 amide bonds. The molecule has 0 bridgehead atoms. The predicted molar refractivity (Wildman–Crippen MR) is 51.4 cm³/mol. The summed E-state index contributed by atoms with van der Waals surface area (Å²) in [5.74, 6) is -0.730. The van der Waals surface area contributed by atoms with Gasteiger partial charge in [0.1, 0.15) is 5.60 Å². The fraction of sp³-hybridized carbons (Fsp3) is 0.700. The first-order chi connectivity index (χ1) is 6.35. The summed E-state index contributed by atoms with van der Waals surface area (Å²) in [5, 5.41) is 0. The Hall–Kier alpha value is -1.06. The van der Waals surface area contributed by atoms with Gasteiger partial charge < -0.3 is 9.47 Å². The summed E-state index contributed by atoms with van der Waals surface area (Å²) in [6.45, 7) is 5.37. The van der Waals surface area contributed by atoms with Crippen LogP contribution in [0.2, 0.25) is 0 Å². The summed E-state index contributed by atoms with van der Waals surface area (Å²) in [4.78, 5) is 21.8. The number of esters is 2. The normalized spacial score (nSPS) is 10.9. The lowest BCUT2D eigenvalue weighted by molar-refractivity contribution is -0.150. The van der Waals surface area contributed by atoms with E-state index in [9.17, 15) is 9.59 Å². The Balaban J connectivity index is 3.60. The van der Waals surface area contributed by atoms with Gasteiger partial charge in [0.15, 0.2) is 0 Å². The summed E-state index contributed by atoms with van der Waals surface area (Å²) in [6, 6.07) is 0. The molecule has 0 atom stereocenters. The van der Waals surface area contributed by atoms with Crippen LogP contribution in [0.3, 0.4) is 0 Å². The molecule has 0 saturated carbocycles. The standard InChI is InChI=1S/C10H17O4/c1-10(2,3)14-9(12)7-5-6-8(11)13-4/h7H,5-6H2,1-4H3. The predicted octanol–water partition coefficient (Wildman–Crippen LogP) is 1.49. The number of carbonyl (C=O) groups excluding carboxylic acids is 2. The van der Waals surface area contributed by atoms with Crippen molar-refractivity contribution in [3.8, 4) is 0 Å². The number of rotatable bonds is 4. The molecule has 1 radical (unpaired) electrons. The zero-order valence-corrected chi connectivity index (χ0v) is 9.12. The summed E-state index contributed by atoms with van der Waals surface area (Å²) >= 11 is 0. The van der Waals surface area contributed by atoms with E-state index in [1.165, 1.54) is 13.5 Å². The second-order valence-electron chi connectivity index (χ2n) is 3.85. The lowest BCUT2D eigenvalue weighted by atomic mass is 10.2. The molecule has 4 heteroatoms. The lowest BCUT2D eigenvalue weighted by Gasteiger charge is -2.19. The van der Waals surface area contributed by atoms with Crippen LogP contribution in [0.15, 0.2) is 0 Å². The first-order valence-electron chi connectivity index (χ1n) is 4.48. The number of ether oxygens (including phenoxy) is 2. The molecule has 0 aliphatic rings. The molecule has 0 rings (SSSR count). The van der Waals surface area contributed by atoms with E-state index in [4.69, 9.17) is 4.74 Å². The molecular formula is C10H17O4. The van der Waals surface area contributed by atoms with Gasteiger partial charge in [-0.2, -0.15) is 0 Å². The molecule has 0 unspecified atom stereocenters. The van der Waals surface area contributed by atoms with E-state index in [2.05, 4.69) is 4.74 Å². The van der Waals surface area contributed by atoms with Crippen LogP contribution >= 0.6 is 0 Å². The van der Waals surface area contributed by atoms with Crippen LogP contribution in [0.25, 0.3) is 0 Å². The van der Waals surface area contributed by atoms with Crippen molar-refractivity contribution in [3.05, 3.63) is 6.42 Å². The maximum absolute atomic E-state index is 11.1. The van der Waals surface area contributed by atoms with Crippen molar-refractivity contribution in [1.82, 2.24) is 0 Å². The molecule has 0 aromatic carbocycles. The Morgan fingerprint density at radius 1 is 1.29 bits per heavy atom. The quantitative estimate of drug-likeness (QED) is 0.646. The number of methoxy groups -OCH3 is 1. The van der Waals surface area contributed by atoms with Crippen molar-refractivity contribution < 1.29 is 19.1 Å². The molecule has 0 N–H and O–H groups in total. The lowest BCUT2D eigenvalue weighted by Crippen LogP contribution is -2.24. The van der Waals surface area contributed by atoms with E-state index in [-0.39, 0.29) is 12.4 Å².